The molecule has 11 heteroatoms. The third-order valence-electron chi connectivity index (χ3n) is 3.29. The summed E-state index contributed by atoms with van der Waals surface area (Å²) in [6.07, 6.45) is 0. The van der Waals surface area contributed by atoms with Gasteiger partial charge >= 0.3 is 0 Å². The van der Waals surface area contributed by atoms with Crippen LogP contribution >= 0.6 is 33.9 Å². The van der Waals surface area contributed by atoms with Gasteiger partial charge in [-0.1, -0.05) is 23.2 Å². The lowest BCUT2D eigenvalue weighted by Crippen LogP contribution is -2.16. The Bertz CT molecular complexity index is 1050. The van der Waals surface area contributed by atoms with Gasteiger partial charge in [0.1, 0.15) is 16.3 Å². The van der Waals surface area contributed by atoms with Crippen LogP contribution in [0.3, 0.4) is 0 Å². The Labute approximate surface area is 169 Å². The van der Waals surface area contributed by atoms with Crippen LogP contribution in [0.2, 0.25) is 10.0 Å². The van der Waals surface area contributed by atoms with Gasteiger partial charge < -0.3 is 4.74 Å². The van der Waals surface area contributed by atoms with Gasteiger partial charge in [0.15, 0.2) is 0 Å². The van der Waals surface area contributed by atoms with Crippen molar-refractivity contribution in [1.29, 1.82) is 5.26 Å². The van der Waals surface area contributed by atoms with E-state index < -0.39 is 20.9 Å². The van der Waals surface area contributed by atoms with E-state index >= 15 is 0 Å². The molecular formula is C16H10Cl3N3O4S. The van der Waals surface area contributed by atoms with Crippen LogP contribution in [0.15, 0.2) is 51.5 Å². The smallest absolute Gasteiger partial charge is 0.262 e. The van der Waals surface area contributed by atoms with Crippen LogP contribution in [0.4, 0.5) is 5.69 Å². The maximum absolute atomic E-state index is 12.4. The van der Waals surface area contributed by atoms with Crippen molar-refractivity contribution in [3.05, 3.63) is 52.0 Å². The Morgan fingerprint density at radius 2 is 1.81 bits per heavy atom. The highest BCUT2D eigenvalue weighted by atomic mass is 35.7. The molecule has 2 rings (SSSR count). The number of ketones is 1. The highest BCUT2D eigenvalue weighted by Crippen LogP contribution is 2.35. The highest BCUT2D eigenvalue weighted by molar-refractivity contribution is 8.13. The predicted molar refractivity (Wildman–Crippen MR) is 101 cm³/mol. The molecule has 0 N–H and O–H groups in total. The lowest BCUT2D eigenvalue weighted by atomic mass is 10.1. The molecule has 0 bridgehead atoms. The van der Waals surface area contributed by atoms with Crippen molar-refractivity contribution in [1.82, 2.24) is 0 Å². The number of hydrogen-bond acceptors (Lipinski definition) is 7. The first-order valence-electron chi connectivity index (χ1n) is 7.10. The van der Waals surface area contributed by atoms with Gasteiger partial charge in [-0.15, -0.1) is 0 Å². The Kier molecular flexibility index (Phi) is 6.78. The van der Waals surface area contributed by atoms with Crippen molar-refractivity contribution in [2.24, 2.45) is 10.2 Å². The van der Waals surface area contributed by atoms with Gasteiger partial charge in [0.05, 0.1) is 23.2 Å². The number of ether oxygens (including phenoxy) is 1. The van der Waals surface area contributed by atoms with E-state index in [9.17, 15) is 18.5 Å². The first kappa shape index (κ1) is 21.1. The minimum atomic E-state index is -4.10. The van der Waals surface area contributed by atoms with Crippen LogP contribution in [-0.4, -0.2) is 27.4 Å². The number of halogens is 3. The van der Waals surface area contributed by atoms with E-state index in [4.69, 9.17) is 38.6 Å². The number of nitrogens with zero attached hydrogens (tertiary/aromatic N) is 3. The van der Waals surface area contributed by atoms with E-state index in [-0.39, 0.29) is 26.2 Å². The van der Waals surface area contributed by atoms with Crippen LogP contribution in [0, 0.1) is 11.3 Å². The average Bonchev–Trinajstić information content (AvgIpc) is 2.63. The van der Waals surface area contributed by atoms with E-state index in [0.29, 0.717) is 5.75 Å². The third-order valence-corrected chi connectivity index (χ3v) is 5.38. The van der Waals surface area contributed by atoms with Crippen LogP contribution in [0.25, 0.3) is 0 Å². The number of azo groups is 1. The Balaban J connectivity index is 2.30. The SMILES string of the molecule is COc1ccc(C(=O)C(C#N)N=Nc2cc(Cl)c(S(=O)(=O)Cl)cc2Cl)cc1. The van der Waals surface area contributed by atoms with E-state index in [1.165, 1.54) is 19.2 Å². The molecule has 7 nitrogen and oxygen atoms in total. The van der Waals surface area contributed by atoms with Crippen LogP contribution in [0.1, 0.15) is 10.4 Å². The quantitative estimate of drug-likeness (QED) is 0.360. The summed E-state index contributed by atoms with van der Waals surface area (Å²) < 4.78 is 27.8. The van der Waals surface area contributed by atoms with Crippen molar-refractivity contribution in [3.8, 4) is 11.8 Å². The highest BCUT2D eigenvalue weighted by Gasteiger charge is 2.21. The molecule has 1 unspecified atom stereocenters. The normalized spacial score (nSPS) is 12.6. The molecule has 0 aliphatic heterocycles. The minimum absolute atomic E-state index is 0.0199. The Morgan fingerprint density at radius 3 is 2.33 bits per heavy atom. The first-order chi connectivity index (χ1) is 12.7. The molecule has 2 aromatic rings. The number of benzene rings is 2. The topological polar surface area (TPSA) is 109 Å². The molecule has 0 heterocycles. The summed E-state index contributed by atoms with van der Waals surface area (Å²) in [5.41, 5.74) is 0.225. The number of methoxy groups -OCH3 is 1. The van der Waals surface area contributed by atoms with E-state index in [1.807, 2.05) is 0 Å². The molecule has 0 aliphatic carbocycles. The molecule has 27 heavy (non-hydrogen) atoms. The molecule has 0 amide bonds. The van der Waals surface area contributed by atoms with Gasteiger partial charge in [-0.25, -0.2) is 8.42 Å². The Hall–Kier alpha value is -2.18. The minimum Gasteiger partial charge on any atom is -0.497 e. The molecule has 0 radical (unpaired) electrons. The zero-order valence-electron chi connectivity index (χ0n) is 13.6. The molecule has 140 valence electrons. The van der Waals surface area contributed by atoms with Gasteiger partial charge in [-0.05, 0) is 36.4 Å². The molecular weight excluding hydrogens is 437 g/mol. The second-order valence-corrected chi connectivity index (χ2v) is 8.36. The summed E-state index contributed by atoms with van der Waals surface area (Å²) in [5, 5.41) is 16.3. The molecule has 0 fully saturated rings. The molecule has 0 spiro atoms. The molecule has 2 aromatic carbocycles. The number of Topliss-reactive ketones (excluding diaryl/α,β-unsaturated/α-hetero) is 1. The standard InChI is InChI=1S/C16H10Cl3N3O4S/c1-26-10-4-2-9(3-5-10)16(23)14(8-20)22-21-13-6-12(18)15(7-11(13)17)27(19,24)25/h2-7,14H,1H3. The van der Waals surface area contributed by atoms with Gasteiger partial charge in [0.2, 0.25) is 11.8 Å². The monoisotopic (exact) mass is 445 g/mol. The summed E-state index contributed by atoms with van der Waals surface area (Å²) in [6, 6.07) is 8.56. The summed E-state index contributed by atoms with van der Waals surface area (Å²) in [6.45, 7) is 0. The van der Waals surface area contributed by atoms with Gasteiger partial charge in [-0.3, -0.25) is 4.79 Å². The fourth-order valence-electron chi connectivity index (χ4n) is 1.95. The summed E-state index contributed by atoms with van der Waals surface area (Å²) in [4.78, 5) is 12.0. The lowest BCUT2D eigenvalue weighted by molar-refractivity contribution is 0.0979. The second-order valence-electron chi connectivity index (χ2n) is 5.01. The fourth-order valence-corrected chi connectivity index (χ4v) is 3.73. The fraction of sp³-hybridized carbons (Fsp3) is 0.125. The number of nitriles is 1. The van der Waals surface area contributed by atoms with Gasteiger partial charge in [0.25, 0.3) is 9.05 Å². The largest absolute Gasteiger partial charge is 0.497 e. The first-order valence-corrected chi connectivity index (χ1v) is 10.2. The number of hydrogen-bond donors (Lipinski definition) is 0. The van der Waals surface area contributed by atoms with Crippen LogP contribution in [-0.2, 0) is 9.05 Å². The third kappa shape index (κ3) is 5.17. The van der Waals surface area contributed by atoms with Crippen molar-refractivity contribution in [2.75, 3.05) is 7.11 Å². The molecule has 0 aliphatic rings. The van der Waals surface area contributed by atoms with Crippen LogP contribution in [0.5, 0.6) is 5.75 Å². The maximum Gasteiger partial charge on any atom is 0.262 e. The number of carbonyl (C=O) groups is 1. The summed E-state index contributed by atoms with van der Waals surface area (Å²) in [5.74, 6) is -0.0245. The van der Waals surface area contributed by atoms with Crippen molar-refractivity contribution < 1.29 is 17.9 Å². The van der Waals surface area contributed by atoms with E-state index in [0.717, 1.165) is 12.1 Å². The maximum atomic E-state index is 12.4. The second kappa shape index (κ2) is 8.67. The molecule has 0 saturated heterocycles. The van der Waals surface area contributed by atoms with Gasteiger partial charge in [-0.2, -0.15) is 15.5 Å². The van der Waals surface area contributed by atoms with Crippen molar-refractivity contribution in [3.63, 3.8) is 0 Å². The number of carbonyl (C=O) groups excluding carboxylic acids is 1. The molecule has 1 atom stereocenters. The molecule has 0 saturated carbocycles. The average molecular weight is 447 g/mol. The zero-order valence-corrected chi connectivity index (χ0v) is 16.6. The van der Waals surface area contributed by atoms with Crippen molar-refractivity contribution >= 4 is 54.4 Å². The predicted octanol–water partition coefficient (Wildman–Crippen LogP) is 4.79. The zero-order chi connectivity index (χ0) is 20.2. The van der Waals surface area contributed by atoms with Crippen molar-refractivity contribution in [2.45, 2.75) is 10.9 Å². The van der Waals surface area contributed by atoms with Gasteiger partial charge in [0, 0.05) is 16.2 Å². The van der Waals surface area contributed by atoms with Crippen LogP contribution < -0.4 is 4.74 Å². The lowest BCUT2D eigenvalue weighted by Gasteiger charge is -2.06. The summed E-state index contributed by atoms with van der Waals surface area (Å²) >= 11 is 11.8. The van der Waals surface area contributed by atoms with E-state index in [1.54, 1.807) is 18.2 Å². The van der Waals surface area contributed by atoms with E-state index in [2.05, 4.69) is 10.2 Å². The number of rotatable bonds is 6. The summed E-state index contributed by atoms with van der Waals surface area (Å²) in [7, 11) is 2.64. The Morgan fingerprint density at radius 1 is 1.19 bits per heavy atom. The molecule has 0 aromatic heterocycles.